The predicted octanol–water partition coefficient (Wildman–Crippen LogP) is 3.21. The zero-order valence-electron chi connectivity index (χ0n) is 18.2. The van der Waals surface area contributed by atoms with Gasteiger partial charge in [-0.1, -0.05) is 30.3 Å². The Balaban J connectivity index is 1.42. The average Bonchev–Trinajstić information content (AvgIpc) is 3.34. The standard InChI is InChI=1S/C23H30N2O6/c1-22(2,3)31-21(29)24-10-16-9-23(19(26)27)14-25(12-18(23)17(16)11-24)20(28)30-13-15-7-5-4-6-8-15/h4-8,16-18H,9-14H2,1-3H3,(H,26,27)/t16-,17+,18-,23+/m1/s1. The summed E-state index contributed by atoms with van der Waals surface area (Å²) in [7, 11) is 0. The maximum absolute atomic E-state index is 12.7. The first-order valence-corrected chi connectivity index (χ1v) is 10.8. The van der Waals surface area contributed by atoms with Crippen molar-refractivity contribution in [2.75, 3.05) is 26.2 Å². The van der Waals surface area contributed by atoms with E-state index in [1.54, 1.807) is 4.90 Å². The summed E-state index contributed by atoms with van der Waals surface area (Å²) in [6.45, 7) is 7.09. The van der Waals surface area contributed by atoms with Crippen molar-refractivity contribution in [1.82, 2.24) is 9.80 Å². The van der Waals surface area contributed by atoms with Crippen molar-refractivity contribution < 1.29 is 29.0 Å². The van der Waals surface area contributed by atoms with E-state index in [-0.39, 0.29) is 37.0 Å². The van der Waals surface area contributed by atoms with Crippen LogP contribution in [-0.2, 0) is 20.9 Å². The molecule has 2 aliphatic heterocycles. The number of ether oxygens (including phenoxy) is 2. The van der Waals surface area contributed by atoms with Gasteiger partial charge in [0, 0.05) is 26.2 Å². The smallest absolute Gasteiger partial charge is 0.410 e. The third kappa shape index (κ3) is 4.07. The number of fused-ring (bicyclic) bond motifs is 3. The molecule has 0 spiro atoms. The molecular formula is C23H30N2O6. The molecule has 1 aliphatic carbocycles. The number of benzene rings is 1. The Hall–Kier alpha value is -2.77. The number of rotatable bonds is 3. The Morgan fingerprint density at radius 1 is 1.06 bits per heavy atom. The van der Waals surface area contributed by atoms with Crippen LogP contribution in [0.25, 0.3) is 0 Å². The number of carboxylic acid groups (broad SMARTS) is 1. The largest absolute Gasteiger partial charge is 0.481 e. The highest BCUT2D eigenvalue weighted by Gasteiger charge is 2.65. The molecule has 8 heteroatoms. The SMILES string of the molecule is CC(C)(C)OC(=O)N1C[C@H]2C[C@]3(C(=O)O)CN(C(=O)OCc4ccccc4)C[C@@H]3[C@H]2C1. The van der Waals surface area contributed by atoms with Gasteiger partial charge >= 0.3 is 18.2 Å². The molecule has 168 valence electrons. The van der Waals surface area contributed by atoms with E-state index in [4.69, 9.17) is 9.47 Å². The van der Waals surface area contributed by atoms with Crippen molar-refractivity contribution in [2.24, 2.45) is 23.2 Å². The summed E-state index contributed by atoms with van der Waals surface area (Å²) in [4.78, 5) is 40.7. The number of carbonyl (C=O) groups excluding carboxylic acids is 2. The Bertz CT molecular complexity index is 867. The number of aliphatic carboxylic acids is 1. The maximum atomic E-state index is 12.7. The summed E-state index contributed by atoms with van der Waals surface area (Å²) in [6.07, 6.45) is -0.392. The second kappa shape index (κ2) is 7.73. The minimum absolute atomic E-state index is 0.0375. The number of likely N-dealkylation sites (tertiary alicyclic amines) is 2. The van der Waals surface area contributed by atoms with E-state index in [0.29, 0.717) is 26.1 Å². The quantitative estimate of drug-likeness (QED) is 0.791. The normalized spacial score (nSPS) is 29.5. The lowest BCUT2D eigenvalue weighted by atomic mass is 9.78. The monoisotopic (exact) mass is 430 g/mol. The lowest BCUT2D eigenvalue weighted by Gasteiger charge is -2.28. The van der Waals surface area contributed by atoms with Gasteiger partial charge in [0.15, 0.2) is 0 Å². The van der Waals surface area contributed by atoms with Crippen LogP contribution in [-0.4, -0.2) is 64.8 Å². The van der Waals surface area contributed by atoms with Crippen molar-refractivity contribution in [1.29, 1.82) is 0 Å². The van der Waals surface area contributed by atoms with Gasteiger partial charge in [0.2, 0.25) is 0 Å². The van der Waals surface area contributed by atoms with Gasteiger partial charge in [0.05, 0.1) is 5.41 Å². The molecular weight excluding hydrogens is 400 g/mol. The summed E-state index contributed by atoms with van der Waals surface area (Å²) in [5.41, 5.74) is -0.667. The van der Waals surface area contributed by atoms with E-state index in [2.05, 4.69) is 0 Å². The summed E-state index contributed by atoms with van der Waals surface area (Å²) >= 11 is 0. The second-order valence-electron chi connectivity index (χ2n) is 10.0. The molecule has 0 radical (unpaired) electrons. The third-order valence-electron chi connectivity index (χ3n) is 6.78. The third-order valence-corrected chi connectivity index (χ3v) is 6.78. The topological polar surface area (TPSA) is 96.4 Å². The molecule has 0 aromatic heterocycles. The molecule has 0 unspecified atom stereocenters. The first-order valence-electron chi connectivity index (χ1n) is 10.8. The number of amides is 2. The highest BCUT2D eigenvalue weighted by molar-refractivity contribution is 5.79. The molecule has 2 amide bonds. The van der Waals surface area contributed by atoms with E-state index < -0.39 is 23.1 Å². The second-order valence-corrected chi connectivity index (χ2v) is 10.0. The predicted molar refractivity (Wildman–Crippen MR) is 111 cm³/mol. The Morgan fingerprint density at radius 2 is 1.77 bits per heavy atom. The summed E-state index contributed by atoms with van der Waals surface area (Å²) in [6, 6.07) is 9.39. The van der Waals surface area contributed by atoms with Gasteiger partial charge < -0.3 is 24.4 Å². The van der Waals surface area contributed by atoms with Gasteiger partial charge in [-0.3, -0.25) is 4.79 Å². The van der Waals surface area contributed by atoms with Crippen LogP contribution in [0.2, 0.25) is 0 Å². The van der Waals surface area contributed by atoms with Crippen LogP contribution < -0.4 is 0 Å². The molecule has 31 heavy (non-hydrogen) atoms. The van der Waals surface area contributed by atoms with E-state index in [1.165, 1.54) is 4.90 Å². The Morgan fingerprint density at radius 3 is 2.42 bits per heavy atom. The molecule has 4 rings (SSSR count). The highest BCUT2D eigenvalue weighted by Crippen LogP contribution is 2.57. The molecule has 0 bridgehead atoms. The van der Waals surface area contributed by atoms with Gasteiger partial charge in [0.1, 0.15) is 12.2 Å². The molecule has 2 saturated heterocycles. The van der Waals surface area contributed by atoms with E-state index >= 15 is 0 Å². The van der Waals surface area contributed by atoms with Crippen LogP contribution in [0.3, 0.4) is 0 Å². The maximum Gasteiger partial charge on any atom is 0.410 e. The first kappa shape index (κ1) is 21.5. The first-order chi connectivity index (χ1) is 14.6. The van der Waals surface area contributed by atoms with Gasteiger partial charge in [-0.15, -0.1) is 0 Å². The van der Waals surface area contributed by atoms with Gasteiger partial charge in [-0.2, -0.15) is 0 Å². The lowest BCUT2D eigenvalue weighted by molar-refractivity contribution is -0.150. The molecule has 8 nitrogen and oxygen atoms in total. The number of nitrogens with zero attached hydrogens (tertiary/aromatic N) is 2. The lowest BCUT2D eigenvalue weighted by Crippen LogP contribution is -2.41. The van der Waals surface area contributed by atoms with Crippen molar-refractivity contribution in [3.8, 4) is 0 Å². The molecule has 3 aliphatic rings. The fraction of sp³-hybridized carbons (Fsp3) is 0.609. The highest BCUT2D eigenvalue weighted by atomic mass is 16.6. The van der Waals surface area contributed by atoms with E-state index in [9.17, 15) is 19.5 Å². The van der Waals surface area contributed by atoms with Crippen LogP contribution in [0.1, 0.15) is 32.8 Å². The number of hydrogen-bond donors (Lipinski definition) is 1. The van der Waals surface area contributed by atoms with Crippen LogP contribution in [0.5, 0.6) is 0 Å². The molecule has 3 fully saturated rings. The van der Waals surface area contributed by atoms with E-state index in [1.807, 2.05) is 51.1 Å². The fourth-order valence-corrected chi connectivity index (χ4v) is 5.47. The van der Waals surface area contributed by atoms with Crippen LogP contribution >= 0.6 is 0 Å². The van der Waals surface area contributed by atoms with Crippen molar-refractivity contribution >= 4 is 18.2 Å². The zero-order valence-corrected chi connectivity index (χ0v) is 18.2. The van der Waals surface area contributed by atoms with Gasteiger partial charge in [-0.25, -0.2) is 9.59 Å². The number of carbonyl (C=O) groups is 3. The average molecular weight is 431 g/mol. The Labute approximate surface area is 182 Å². The summed E-state index contributed by atoms with van der Waals surface area (Å²) in [5.74, 6) is -0.924. The number of carboxylic acids is 1. The molecule has 1 aromatic carbocycles. The molecule has 4 atom stereocenters. The molecule has 2 heterocycles. The number of hydrogen-bond acceptors (Lipinski definition) is 5. The summed E-state index contributed by atoms with van der Waals surface area (Å²) in [5, 5.41) is 10.1. The van der Waals surface area contributed by atoms with Crippen molar-refractivity contribution in [3.63, 3.8) is 0 Å². The fourth-order valence-electron chi connectivity index (χ4n) is 5.47. The zero-order chi connectivity index (χ0) is 22.4. The molecule has 1 aromatic rings. The minimum Gasteiger partial charge on any atom is -0.481 e. The molecule has 1 saturated carbocycles. The van der Waals surface area contributed by atoms with Crippen molar-refractivity contribution in [2.45, 2.75) is 39.4 Å². The summed E-state index contributed by atoms with van der Waals surface area (Å²) < 4.78 is 10.9. The Kier molecular flexibility index (Phi) is 5.35. The van der Waals surface area contributed by atoms with Crippen LogP contribution in [0.4, 0.5) is 9.59 Å². The minimum atomic E-state index is -0.971. The van der Waals surface area contributed by atoms with Crippen molar-refractivity contribution in [3.05, 3.63) is 35.9 Å². The van der Waals surface area contributed by atoms with Crippen LogP contribution in [0, 0.1) is 23.2 Å². The molecule has 1 N–H and O–H groups in total. The van der Waals surface area contributed by atoms with E-state index in [0.717, 1.165) is 5.56 Å². The van der Waals surface area contributed by atoms with Gasteiger partial charge in [0.25, 0.3) is 0 Å². The van der Waals surface area contributed by atoms with Gasteiger partial charge in [-0.05, 0) is 50.5 Å². The van der Waals surface area contributed by atoms with Crippen LogP contribution in [0.15, 0.2) is 30.3 Å².